The number of hydrogen-bond donors (Lipinski definition) is 1. The molecule has 0 radical (unpaired) electrons. The van der Waals surface area contributed by atoms with E-state index in [1.807, 2.05) is 0 Å². The highest BCUT2D eigenvalue weighted by molar-refractivity contribution is 6.69. The molecule has 0 bridgehead atoms. The maximum absolute atomic E-state index is 9.55. The van der Waals surface area contributed by atoms with E-state index in [1.165, 1.54) is 49.7 Å². The first-order chi connectivity index (χ1) is 15.7. The topological polar surface area (TPSA) is 38.7 Å². The van der Waals surface area contributed by atoms with Crippen LogP contribution < -0.4 is 4.74 Å². The SMILES string of the molecule is CCC(CCCC(C)c1ccc(OC2(O[Si](C)(C)C)CCCCC2)cc1)c1ccc(O)cc1. The summed E-state index contributed by atoms with van der Waals surface area (Å²) in [6.07, 6.45) is 10.3. The van der Waals surface area contributed by atoms with E-state index in [9.17, 15) is 5.11 Å². The summed E-state index contributed by atoms with van der Waals surface area (Å²) in [6, 6.07) is 16.5. The number of hydrogen-bond acceptors (Lipinski definition) is 3. The quantitative estimate of drug-likeness (QED) is 0.264. The Kier molecular flexibility index (Phi) is 9.06. The first-order valence-corrected chi connectivity index (χ1v) is 16.4. The highest BCUT2D eigenvalue weighted by Crippen LogP contribution is 2.37. The van der Waals surface area contributed by atoms with Crippen molar-refractivity contribution < 1.29 is 14.3 Å². The minimum atomic E-state index is -1.69. The molecule has 1 saturated carbocycles. The molecule has 0 heterocycles. The van der Waals surface area contributed by atoms with Crippen LogP contribution >= 0.6 is 0 Å². The molecule has 2 unspecified atom stereocenters. The Morgan fingerprint density at radius 2 is 1.48 bits per heavy atom. The minimum absolute atomic E-state index is 0.344. The third kappa shape index (κ3) is 7.89. The highest BCUT2D eigenvalue weighted by Gasteiger charge is 2.39. The lowest BCUT2D eigenvalue weighted by atomic mass is 9.88. The molecule has 0 aliphatic heterocycles. The number of phenolic OH excluding ortho intramolecular Hbond substituents is 1. The average molecular weight is 469 g/mol. The maximum Gasteiger partial charge on any atom is 0.201 e. The monoisotopic (exact) mass is 468 g/mol. The summed E-state index contributed by atoms with van der Waals surface area (Å²) in [5, 5.41) is 9.55. The lowest BCUT2D eigenvalue weighted by Gasteiger charge is -2.41. The molecule has 0 amide bonds. The molecular weight excluding hydrogens is 424 g/mol. The zero-order chi connectivity index (χ0) is 23.9. The van der Waals surface area contributed by atoms with Crippen molar-refractivity contribution in [3.8, 4) is 11.5 Å². The van der Waals surface area contributed by atoms with Crippen LogP contribution in [0.5, 0.6) is 11.5 Å². The molecule has 2 aromatic rings. The predicted octanol–water partition coefficient (Wildman–Crippen LogP) is 8.75. The van der Waals surface area contributed by atoms with Gasteiger partial charge in [-0.1, -0.05) is 51.0 Å². The Balaban J connectivity index is 1.54. The molecule has 0 saturated heterocycles. The van der Waals surface area contributed by atoms with E-state index in [0.29, 0.717) is 17.6 Å². The van der Waals surface area contributed by atoms with Gasteiger partial charge in [0.1, 0.15) is 11.5 Å². The third-order valence-electron chi connectivity index (χ3n) is 6.91. The number of aromatic hydroxyl groups is 1. The summed E-state index contributed by atoms with van der Waals surface area (Å²) in [6.45, 7) is 11.3. The molecule has 2 aromatic carbocycles. The molecule has 1 aliphatic rings. The Morgan fingerprint density at radius 1 is 0.879 bits per heavy atom. The minimum Gasteiger partial charge on any atom is -0.508 e. The molecule has 1 fully saturated rings. The molecule has 3 nitrogen and oxygen atoms in total. The van der Waals surface area contributed by atoms with Gasteiger partial charge in [-0.25, -0.2) is 0 Å². The van der Waals surface area contributed by atoms with E-state index >= 15 is 0 Å². The van der Waals surface area contributed by atoms with Gasteiger partial charge in [0.15, 0.2) is 8.32 Å². The largest absolute Gasteiger partial charge is 0.508 e. The van der Waals surface area contributed by atoms with E-state index in [1.54, 1.807) is 12.1 Å². The maximum atomic E-state index is 9.55. The van der Waals surface area contributed by atoms with Crippen LogP contribution in [0.25, 0.3) is 0 Å². The van der Waals surface area contributed by atoms with Gasteiger partial charge in [0.2, 0.25) is 5.79 Å². The van der Waals surface area contributed by atoms with Crippen LogP contribution in [-0.2, 0) is 4.43 Å². The van der Waals surface area contributed by atoms with Crippen LogP contribution in [0.1, 0.15) is 94.6 Å². The normalized spacial score (nSPS) is 18.0. The molecule has 33 heavy (non-hydrogen) atoms. The zero-order valence-corrected chi connectivity index (χ0v) is 22.4. The van der Waals surface area contributed by atoms with Crippen molar-refractivity contribution in [2.24, 2.45) is 0 Å². The van der Waals surface area contributed by atoms with E-state index in [2.05, 4.69) is 69.9 Å². The lowest BCUT2D eigenvalue weighted by molar-refractivity contribution is -0.143. The van der Waals surface area contributed by atoms with Crippen LogP contribution in [0.3, 0.4) is 0 Å². The van der Waals surface area contributed by atoms with Gasteiger partial charge < -0.3 is 14.3 Å². The second kappa shape index (κ2) is 11.6. The van der Waals surface area contributed by atoms with Gasteiger partial charge in [-0.15, -0.1) is 0 Å². The Morgan fingerprint density at radius 3 is 2.06 bits per heavy atom. The summed E-state index contributed by atoms with van der Waals surface area (Å²) < 4.78 is 13.1. The molecule has 1 aliphatic carbocycles. The first-order valence-electron chi connectivity index (χ1n) is 13.0. The van der Waals surface area contributed by atoms with Crippen molar-refractivity contribution in [1.29, 1.82) is 0 Å². The van der Waals surface area contributed by atoms with Crippen molar-refractivity contribution >= 4 is 8.32 Å². The molecule has 3 rings (SSSR count). The molecule has 182 valence electrons. The van der Waals surface area contributed by atoms with Crippen molar-refractivity contribution in [3.05, 3.63) is 59.7 Å². The third-order valence-corrected chi connectivity index (χ3v) is 7.89. The summed E-state index contributed by atoms with van der Waals surface area (Å²) in [4.78, 5) is 0. The van der Waals surface area contributed by atoms with Crippen LogP contribution in [0.2, 0.25) is 19.6 Å². The molecule has 0 spiro atoms. The fraction of sp³-hybridized carbons (Fsp3) is 0.586. The van der Waals surface area contributed by atoms with Crippen LogP contribution in [0, 0.1) is 0 Å². The number of phenols is 1. The smallest absolute Gasteiger partial charge is 0.201 e. The average Bonchev–Trinajstić information content (AvgIpc) is 2.77. The first kappa shape index (κ1) is 25.8. The van der Waals surface area contributed by atoms with Crippen molar-refractivity contribution in [1.82, 2.24) is 0 Å². The van der Waals surface area contributed by atoms with Gasteiger partial charge >= 0.3 is 0 Å². The molecule has 2 atom stereocenters. The standard InChI is InChI=1S/C29H44O3Si/c1-6-24(26-13-17-27(30)18-14-26)12-10-11-23(2)25-15-19-28(20-16-25)31-29(32-33(3,4)5)21-8-7-9-22-29/h13-20,23-24,30H,6-12,21-22H2,1-5H3. The Labute approximate surface area is 202 Å². The summed E-state index contributed by atoms with van der Waals surface area (Å²) in [5.74, 6) is 1.93. The molecule has 4 heteroatoms. The number of rotatable bonds is 11. The fourth-order valence-corrected chi connectivity index (χ4v) is 6.50. The zero-order valence-electron chi connectivity index (χ0n) is 21.4. The van der Waals surface area contributed by atoms with Gasteiger partial charge in [0.05, 0.1) is 0 Å². The van der Waals surface area contributed by atoms with E-state index in [0.717, 1.165) is 25.0 Å². The second-order valence-electron chi connectivity index (χ2n) is 10.9. The van der Waals surface area contributed by atoms with Crippen molar-refractivity contribution in [2.45, 2.75) is 109 Å². The highest BCUT2D eigenvalue weighted by atomic mass is 28.4. The lowest BCUT2D eigenvalue weighted by Crippen LogP contribution is -2.48. The van der Waals surface area contributed by atoms with Gasteiger partial charge in [0, 0.05) is 12.8 Å². The predicted molar refractivity (Wildman–Crippen MR) is 141 cm³/mol. The summed E-state index contributed by atoms with van der Waals surface area (Å²) in [5.41, 5.74) is 2.71. The van der Waals surface area contributed by atoms with Crippen LogP contribution in [0.15, 0.2) is 48.5 Å². The van der Waals surface area contributed by atoms with Gasteiger partial charge in [-0.3, -0.25) is 0 Å². The Bertz CT molecular complexity index is 833. The van der Waals surface area contributed by atoms with Crippen LogP contribution in [-0.4, -0.2) is 19.2 Å². The Hall–Kier alpha value is -1.78. The van der Waals surface area contributed by atoms with Crippen LogP contribution in [0.4, 0.5) is 0 Å². The molecule has 0 aromatic heterocycles. The van der Waals surface area contributed by atoms with Crippen molar-refractivity contribution in [3.63, 3.8) is 0 Å². The number of benzene rings is 2. The summed E-state index contributed by atoms with van der Waals surface area (Å²) in [7, 11) is -1.69. The van der Waals surface area contributed by atoms with E-state index in [4.69, 9.17) is 9.16 Å². The fourth-order valence-electron chi connectivity index (χ4n) is 5.14. The van der Waals surface area contributed by atoms with Gasteiger partial charge in [0.25, 0.3) is 0 Å². The van der Waals surface area contributed by atoms with Gasteiger partial charge in [-0.2, -0.15) is 0 Å². The van der Waals surface area contributed by atoms with E-state index in [-0.39, 0.29) is 0 Å². The summed E-state index contributed by atoms with van der Waals surface area (Å²) >= 11 is 0. The van der Waals surface area contributed by atoms with Crippen molar-refractivity contribution in [2.75, 3.05) is 0 Å². The molecular formula is C29H44O3Si. The second-order valence-corrected chi connectivity index (χ2v) is 15.3. The molecule has 1 N–H and O–H groups in total. The number of ether oxygens (including phenoxy) is 1. The van der Waals surface area contributed by atoms with Gasteiger partial charge in [-0.05, 0) is 99.0 Å². The van der Waals surface area contributed by atoms with E-state index < -0.39 is 14.1 Å².